The third-order valence-corrected chi connectivity index (χ3v) is 2.93. The summed E-state index contributed by atoms with van der Waals surface area (Å²) in [7, 11) is 0. The lowest BCUT2D eigenvalue weighted by atomic mass is 10.2. The van der Waals surface area contributed by atoms with Crippen molar-refractivity contribution in [3.05, 3.63) is 33.9 Å². The average Bonchev–Trinajstić information content (AvgIpc) is 2.37. The Bertz CT molecular complexity index is 431. The van der Waals surface area contributed by atoms with Crippen LogP contribution in [0, 0.1) is 17.0 Å². The predicted octanol–water partition coefficient (Wildman–Crippen LogP) is 1.30. The van der Waals surface area contributed by atoms with Gasteiger partial charge >= 0.3 is 0 Å². The maximum Gasteiger partial charge on any atom is 0.272 e. The Hall–Kier alpha value is -1.66. The van der Waals surface area contributed by atoms with E-state index in [4.69, 9.17) is 4.74 Å². The molecule has 0 aliphatic carbocycles. The highest BCUT2D eigenvalue weighted by molar-refractivity contribution is 5.53. The third-order valence-electron chi connectivity index (χ3n) is 2.93. The van der Waals surface area contributed by atoms with Gasteiger partial charge in [-0.25, -0.2) is 0 Å². The molecule has 0 amide bonds. The van der Waals surface area contributed by atoms with Crippen molar-refractivity contribution >= 4 is 11.4 Å². The molecule has 1 aliphatic rings. The predicted molar refractivity (Wildman–Crippen MR) is 68.9 cm³/mol. The lowest BCUT2D eigenvalue weighted by Crippen LogP contribution is -2.42. The fraction of sp³-hybridized carbons (Fsp3) is 0.500. The third kappa shape index (κ3) is 3.18. The van der Waals surface area contributed by atoms with Gasteiger partial charge in [0.05, 0.1) is 17.6 Å². The van der Waals surface area contributed by atoms with Crippen molar-refractivity contribution in [2.75, 3.05) is 31.6 Å². The minimum atomic E-state index is -0.368. The molecule has 1 aromatic rings. The highest BCUT2D eigenvalue weighted by Crippen LogP contribution is 2.21. The van der Waals surface area contributed by atoms with Gasteiger partial charge in [-0.2, -0.15) is 0 Å². The molecular formula is C12H17N3O3. The quantitative estimate of drug-likeness (QED) is 0.623. The fourth-order valence-electron chi connectivity index (χ4n) is 1.95. The molecule has 98 valence electrons. The van der Waals surface area contributed by atoms with Gasteiger partial charge in [-0.05, 0) is 19.1 Å². The molecule has 1 aromatic carbocycles. The number of nitrogens with one attached hydrogen (secondary N) is 2. The minimum absolute atomic E-state index is 0.147. The highest BCUT2D eigenvalue weighted by Gasteiger charge is 2.14. The summed E-state index contributed by atoms with van der Waals surface area (Å²) < 4.78 is 5.56. The lowest BCUT2D eigenvalue weighted by Gasteiger charge is -2.24. The number of benzene rings is 1. The first-order valence-electron chi connectivity index (χ1n) is 5.98. The first-order valence-corrected chi connectivity index (χ1v) is 5.98. The summed E-state index contributed by atoms with van der Waals surface area (Å²) in [5.74, 6) is 0. The summed E-state index contributed by atoms with van der Waals surface area (Å²) in [5, 5.41) is 17.2. The zero-order valence-corrected chi connectivity index (χ0v) is 10.3. The number of hydrogen-bond acceptors (Lipinski definition) is 5. The highest BCUT2D eigenvalue weighted by atomic mass is 16.6. The van der Waals surface area contributed by atoms with Crippen LogP contribution in [-0.2, 0) is 4.74 Å². The second-order valence-electron chi connectivity index (χ2n) is 4.34. The Morgan fingerprint density at radius 2 is 2.44 bits per heavy atom. The van der Waals surface area contributed by atoms with Gasteiger partial charge < -0.3 is 15.4 Å². The van der Waals surface area contributed by atoms with E-state index in [1.165, 1.54) is 6.07 Å². The van der Waals surface area contributed by atoms with Crippen LogP contribution < -0.4 is 10.6 Å². The minimum Gasteiger partial charge on any atom is -0.382 e. The Balaban J connectivity index is 1.93. The van der Waals surface area contributed by atoms with Crippen molar-refractivity contribution < 1.29 is 9.66 Å². The van der Waals surface area contributed by atoms with Crippen LogP contribution in [0.1, 0.15) is 5.56 Å². The van der Waals surface area contributed by atoms with E-state index in [1.54, 1.807) is 19.1 Å². The summed E-state index contributed by atoms with van der Waals surface area (Å²) in [6.45, 7) is 4.89. The smallest absolute Gasteiger partial charge is 0.272 e. The molecular weight excluding hydrogens is 234 g/mol. The molecule has 6 heteroatoms. The van der Waals surface area contributed by atoms with Gasteiger partial charge in [0, 0.05) is 37.0 Å². The fourth-order valence-corrected chi connectivity index (χ4v) is 1.95. The number of anilines is 1. The van der Waals surface area contributed by atoms with Crippen molar-refractivity contribution in [3.63, 3.8) is 0 Å². The van der Waals surface area contributed by atoms with Gasteiger partial charge in [0.25, 0.3) is 5.69 Å². The van der Waals surface area contributed by atoms with E-state index in [1.807, 2.05) is 0 Å². The van der Waals surface area contributed by atoms with Crippen molar-refractivity contribution in [3.8, 4) is 0 Å². The number of nitro benzene ring substituents is 1. The van der Waals surface area contributed by atoms with E-state index in [2.05, 4.69) is 10.6 Å². The van der Waals surface area contributed by atoms with Crippen LogP contribution >= 0.6 is 0 Å². The van der Waals surface area contributed by atoms with Crippen molar-refractivity contribution in [2.24, 2.45) is 0 Å². The maximum atomic E-state index is 10.7. The molecule has 6 nitrogen and oxygen atoms in total. The molecule has 1 aliphatic heterocycles. The second-order valence-corrected chi connectivity index (χ2v) is 4.34. The van der Waals surface area contributed by atoms with Crippen LogP contribution in [0.4, 0.5) is 11.4 Å². The van der Waals surface area contributed by atoms with Crippen LogP contribution in [0.2, 0.25) is 0 Å². The molecule has 18 heavy (non-hydrogen) atoms. The molecule has 0 aromatic heterocycles. The lowest BCUT2D eigenvalue weighted by molar-refractivity contribution is -0.385. The molecule has 2 N–H and O–H groups in total. The molecule has 1 atom stereocenters. The molecule has 0 saturated carbocycles. The average molecular weight is 251 g/mol. The Morgan fingerprint density at radius 1 is 1.61 bits per heavy atom. The van der Waals surface area contributed by atoms with Gasteiger partial charge in [-0.1, -0.05) is 0 Å². The number of morpholine rings is 1. The summed E-state index contributed by atoms with van der Waals surface area (Å²) in [6, 6.07) is 5.04. The monoisotopic (exact) mass is 251 g/mol. The Kier molecular flexibility index (Phi) is 4.11. The van der Waals surface area contributed by atoms with E-state index in [9.17, 15) is 10.1 Å². The zero-order chi connectivity index (χ0) is 13.0. The standard InChI is InChI=1S/C12H17N3O3/c1-9-6-10(2-3-12(9)15(16)17)14-8-11-7-13-4-5-18-11/h2-3,6,11,13-14H,4-5,7-8H2,1H3. The molecule has 0 spiro atoms. The first-order chi connectivity index (χ1) is 8.66. The van der Waals surface area contributed by atoms with Crippen molar-refractivity contribution in [1.82, 2.24) is 5.32 Å². The number of nitro groups is 1. The van der Waals surface area contributed by atoms with Gasteiger partial charge in [0.2, 0.25) is 0 Å². The first kappa shape index (κ1) is 12.8. The van der Waals surface area contributed by atoms with Crippen LogP contribution in [-0.4, -0.2) is 37.3 Å². The van der Waals surface area contributed by atoms with Crippen molar-refractivity contribution in [2.45, 2.75) is 13.0 Å². The molecule has 2 rings (SSSR count). The second kappa shape index (κ2) is 5.79. The molecule has 1 heterocycles. The molecule has 0 radical (unpaired) electrons. The molecule has 1 saturated heterocycles. The van der Waals surface area contributed by atoms with E-state index in [0.29, 0.717) is 12.1 Å². The molecule has 1 fully saturated rings. The van der Waals surface area contributed by atoms with E-state index in [0.717, 1.165) is 25.4 Å². The summed E-state index contributed by atoms with van der Waals surface area (Å²) in [4.78, 5) is 10.3. The van der Waals surface area contributed by atoms with E-state index < -0.39 is 0 Å². The van der Waals surface area contributed by atoms with Gasteiger partial charge in [-0.3, -0.25) is 10.1 Å². The Morgan fingerprint density at radius 3 is 3.06 bits per heavy atom. The van der Waals surface area contributed by atoms with Crippen LogP contribution in [0.3, 0.4) is 0 Å². The molecule has 1 unspecified atom stereocenters. The number of rotatable bonds is 4. The van der Waals surface area contributed by atoms with Crippen LogP contribution in [0.25, 0.3) is 0 Å². The zero-order valence-electron chi connectivity index (χ0n) is 10.3. The van der Waals surface area contributed by atoms with Crippen LogP contribution in [0.5, 0.6) is 0 Å². The SMILES string of the molecule is Cc1cc(NCC2CNCCO2)ccc1[N+](=O)[O-]. The van der Waals surface area contributed by atoms with Crippen molar-refractivity contribution in [1.29, 1.82) is 0 Å². The number of ether oxygens (including phenoxy) is 1. The van der Waals surface area contributed by atoms with E-state index >= 15 is 0 Å². The Labute approximate surface area is 105 Å². The largest absolute Gasteiger partial charge is 0.382 e. The van der Waals surface area contributed by atoms with E-state index in [-0.39, 0.29) is 16.7 Å². The number of nitrogens with zero attached hydrogens (tertiary/aromatic N) is 1. The topological polar surface area (TPSA) is 76.4 Å². The van der Waals surface area contributed by atoms with Gasteiger partial charge in [0.15, 0.2) is 0 Å². The van der Waals surface area contributed by atoms with Gasteiger partial charge in [-0.15, -0.1) is 0 Å². The normalized spacial score (nSPS) is 19.5. The maximum absolute atomic E-state index is 10.7. The van der Waals surface area contributed by atoms with Gasteiger partial charge in [0.1, 0.15) is 0 Å². The summed E-state index contributed by atoms with van der Waals surface area (Å²) in [5.41, 5.74) is 1.69. The van der Waals surface area contributed by atoms with Crippen LogP contribution in [0.15, 0.2) is 18.2 Å². The summed E-state index contributed by atoms with van der Waals surface area (Å²) >= 11 is 0. The number of aryl methyl sites for hydroxylation is 1. The summed E-state index contributed by atoms with van der Waals surface area (Å²) in [6.07, 6.45) is 0.147. The molecule has 0 bridgehead atoms. The number of hydrogen-bond donors (Lipinski definition) is 2.